The Kier molecular flexibility index (Phi) is 4.70. The summed E-state index contributed by atoms with van der Waals surface area (Å²) >= 11 is 1.70. The molecule has 2 aromatic rings. The molecule has 0 aliphatic heterocycles. The van der Waals surface area contributed by atoms with Crippen molar-refractivity contribution < 1.29 is 0 Å². The van der Waals surface area contributed by atoms with Crippen molar-refractivity contribution in [1.29, 1.82) is 0 Å². The molecule has 1 aliphatic rings. The Hall–Kier alpha value is -1.20. The van der Waals surface area contributed by atoms with E-state index in [9.17, 15) is 0 Å². The zero-order chi connectivity index (χ0) is 14.7. The molecule has 1 N–H and O–H groups in total. The van der Waals surface area contributed by atoms with Gasteiger partial charge < -0.3 is 5.32 Å². The molecule has 21 heavy (non-hydrogen) atoms. The van der Waals surface area contributed by atoms with Gasteiger partial charge in [-0.25, -0.2) is 9.97 Å². The maximum atomic E-state index is 4.77. The van der Waals surface area contributed by atoms with Crippen molar-refractivity contribution in [2.24, 2.45) is 5.92 Å². The van der Waals surface area contributed by atoms with Crippen molar-refractivity contribution in [2.75, 3.05) is 25.0 Å². The third kappa shape index (κ3) is 3.71. The molecular weight excluding hydrogens is 280 g/mol. The van der Waals surface area contributed by atoms with Crippen LogP contribution in [0.2, 0.25) is 0 Å². The maximum Gasteiger partial charge on any atom is 0.146 e. The van der Waals surface area contributed by atoms with Crippen LogP contribution in [0.3, 0.4) is 0 Å². The van der Waals surface area contributed by atoms with Crippen LogP contribution in [0.15, 0.2) is 11.4 Å². The lowest BCUT2D eigenvalue weighted by Gasteiger charge is -2.19. The van der Waals surface area contributed by atoms with Gasteiger partial charge in [0, 0.05) is 13.1 Å². The van der Waals surface area contributed by atoms with Crippen LogP contribution in [0, 0.1) is 5.92 Å². The number of aromatic nitrogens is 2. The standard InChI is InChI=1S/C16H24N4S/c1-3-8-17-15-13-7-9-21-16(13)19-14(18-15)11-20(4-2)10-12-5-6-12/h7,9,12H,3-6,8,10-11H2,1-2H3,(H,17,18,19). The van der Waals surface area contributed by atoms with Crippen LogP contribution in [-0.2, 0) is 6.54 Å². The average Bonchev–Trinajstić information content (AvgIpc) is 3.18. The van der Waals surface area contributed by atoms with Crippen LogP contribution in [0.25, 0.3) is 10.2 Å². The van der Waals surface area contributed by atoms with Gasteiger partial charge in [-0.15, -0.1) is 11.3 Å². The topological polar surface area (TPSA) is 41.1 Å². The molecule has 5 heteroatoms. The van der Waals surface area contributed by atoms with Crippen LogP contribution in [-0.4, -0.2) is 34.5 Å². The van der Waals surface area contributed by atoms with E-state index < -0.39 is 0 Å². The van der Waals surface area contributed by atoms with Gasteiger partial charge in [-0.3, -0.25) is 4.90 Å². The maximum absolute atomic E-state index is 4.77. The van der Waals surface area contributed by atoms with Crippen LogP contribution in [0.5, 0.6) is 0 Å². The molecule has 0 saturated heterocycles. The van der Waals surface area contributed by atoms with E-state index in [1.807, 2.05) is 0 Å². The Morgan fingerprint density at radius 3 is 2.90 bits per heavy atom. The Bertz CT molecular complexity index is 591. The number of rotatable bonds is 8. The lowest BCUT2D eigenvalue weighted by molar-refractivity contribution is 0.262. The van der Waals surface area contributed by atoms with E-state index in [-0.39, 0.29) is 0 Å². The van der Waals surface area contributed by atoms with Gasteiger partial charge in [-0.1, -0.05) is 13.8 Å². The summed E-state index contributed by atoms with van der Waals surface area (Å²) in [6.45, 7) is 8.49. The first-order valence-corrected chi connectivity index (χ1v) is 8.88. The van der Waals surface area contributed by atoms with Crippen LogP contribution in [0.1, 0.15) is 38.9 Å². The second-order valence-electron chi connectivity index (χ2n) is 5.83. The van der Waals surface area contributed by atoms with Gasteiger partial charge in [0.2, 0.25) is 0 Å². The van der Waals surface area contributed by atoms with Gasteiger partial charge in [0.25, 0.3) is 0 Å². The summed E-state index contributed by atoms with van der Waals surface area (Å²) in [5, 5.41) is 6.70. The highest BCUT2D eigenvalue weighted by Gasteiger charge is 2.24. The number of hydrogen-bond acceptors (Lipinski definition) is 5. The van der Waals surface area contributed by atoms with E-state index in [2.05, 4.69) is 35.5 Å². The summed E-state index contributed by atoms with van der Waals surface area (Å²) in [6, 6.07) is 2.11. The summed E-state index contributed by atoms with van der Waals surface area (Å²) in [4.78, 5) is 13.1. The fourth-order valence-corrected chi connectivity index (χ4v) is 3.30. The van der Waals surface area contributed by atoms with E-state index in [0.717, 1.165) is 53.8 Å². The first-order chi connectivity index (χ1) is 10.3. The molecule has 1 fully saturated rings. The van der Waals surface area contributed by atoms with Gasteiger partial charge in [0.15, 0.2) is 0 Å². The lowest BCUT2D eigenvalue weighted by Crippen LogP contribution is -2.26. The summed E-state index contributed by atoms with van der Waals surface area (Å²) in [7, 11) is 0. The summed E-state index contributed by atoms with van der Waals surface area (Å²) in [5.41, 5.74) is 0. The highest BCUT2D eigenvalue weighted by molar-refractivity contribution is 7.16. The second kappa shape index (κ2) is 6.71. The normalized spacial score (nSPS) is 15.0. The minimum absolute atomic E-state index is 0.863. The molecule has 4 nitrogen and oxygen atoms in total. The molecule has 0 unspecified atom stereocenters. The van der Waals surface area contributed by atoms with Crippen molar-refractivity contribution in [3.05, 3.63) is 17.3 Å². The van der Waals surface area contributed by atoms with Crippen molar-refractivity contribution in [3.63, 3.8) is 0 Å². The summed E-state index contributed by atoms with van der Waals surface area (Å²) in [5.74, 6) is 2.86. The van der Waals surface area contributed by atoms with Crippen LogP contribution in [0.4, 0.5) is 5.82 Å². The largest absolute Gasteiger partial charge is 0.369 e. The van der Waals surface area contributed by atoms with E-state index in [0.29, 0.717) is 0 Å². The monoisotopic (exact) mass is 304 g/mol. The molecule has 2 aromatic heterocycles. The fraction of sp³-hybridized carbons (Fsp3) is 0.625. The number of thiophene rings is 1. The molecule has 0 atom stereocenters. The third-order valence-electron chi connectivity index (χ3n) is 3.94. The Morgan fingerprint density at radius 1 is 1.33 bits per heavy atom. The molecule has 0 spiro atoms. The predicted octanol–water partition coefficient (Wildman–Crippen LogP) is 3.75. The van der Waals surface area contributed by atoms with Crippen LogP contribution >= 0.6 is 11.3 Å². The predicted molar refractivity (Wildman–Crippen MR) is 89.9 cm³/mol. The Morgan fingerprint density at radius 2 is 2.19 bits per heavy atom. The van der Waals surface area contributed by atoms with E-state index in [4.69, 9.17) is 9.97 Å². The first kappa shape index (κ1) is 14.7. The van der Waals surface area contributed by atoms with Gasteiger partial charge >= 0.3 is 0 Å². The minimum atomic E-state index is 0.863. The molecule has 0 aromatic carbocycles. The smallest absolute Gasteiger partial charge is 0.146 e. The number of nitrogens with zero attached hydrogens (tertiary/aromatic N) is 3. The van der Waals surface area contributed by atoms with Gasteiger partial charge in [-0.05, 0) is 43.2 Å². The number of nitrogens with one attached hydrogen (secondary N) is 1. The molecule has 2 heterocycles. The van der Waals surface area contributed by atoms with E-state index in [1.165, 1.54) is 19.4 Å². The Labute approximate surface area is 130 Å². The highest BCUT2D eigenvalue weighted by Crippen LogP contribution is 2.30. The molecule has 1 saturated carbocycles. The third-order valence-corrected chi connectivity index (χ3v) is 4.75. The number of anilines is 1. The zero-order valence-electron chi connectivity index (χ0n) is 12.9. The first-order valence-electron chi connectivity index (χ1n) is 8.00. The molecule has 0 radical (unpaired) electrons. The Balaban J connectivity index is 1.79. The molecular formula is C16H24N4S. The summed E-state index contributed by atoms with van der Waals surface area (Å²) < 4.78 is 0. The highest BCUT2D eigenvalue weighted by atomic mass is 32.1. The van der Waals surface area contributed by atoms with Crippen molar-refractivity contribution >= 4 is 27.4 Å². The molecule has 3 rings (SSSR count). The van der Waals surface area contributed by atoms with Crippen LogP contribution < -0.4 is 5.32 Å². The molecule has 1 aliphatic carbocycles. The summed E-state index contributed by atoms with van der Waals surface area (Å²) in [6.07, 6.45) is 3.89. The molecule has 114 valence electrons. The second-order valence-corrected chi connectivity index (χ2v) is 6.72. The van der Waals surface area contributed by atoms with Crippen molar-refractivity contribution in [2.45, 2.75) is 39.7 Å². The van der Waals surface area contributed by atoms with Crippen molar-refractivity contribution in [3.8, 4) is 0 Å². The van der Waals surface area contributed by atoms with E-state index in [1.54, 1.807) is 11.3 Å². The zero-order valence-corrected chi connectivity index (χ0v) is 13.7. The van der Waals surface area contributed by atoms with Gasteiger partial charge in [0.05, 0.1) is 11.9 Å². The minimum Gasteiger partial charge on any atom is -0.369 e. The number of fused-ring (bicyclic) bond motifs is 1. The van der Waals surface area contributed by atoms with Crippen molar-refractivity contribution in [1.82, 2.24) is 14.9 Å². The van der Waals surface area contributed by atoms with Gasteiger partial charge in [0.1, 0.15) is 16.5 Å². The SMILES string of the molecule is CCCNc1nc(CN(CC)CC2CC2)nc2sccc12. The molecule has 0 bridgehead atoms. The molecule has 0 amide bonds. The lowest BCUT2D eigenvalue weighted by atomic mass is 10.3. The quantitative estimate of drug-likeness (QED) is 0.806. The average molecular weight is 304 g/mol. The van der Waals surface area contributed by atoms with E-state index >= 15 is 0 Å². The fourth-order valence-electron chi connectivity index (χ4n) is 2.52. The number of hydrogen-bond donors (Lipinski definition) is 1. The van der Waals surface area contributed by atoms with Gasteiger partial charge in [-0.2, -0.15) is 0 Å².